The second-order valence-electron chi connectivity index (χ2n) is 6.24. The van der Waals surface area contributed by atoms with E-state index in [0.29, 0.717) is 23.6 Å². The molecule has 0 spiro atoms. The number of amides is 2. The summed E-state index contributed by atoms with van der Waals surface area (Å²) in [5, 5.41) is 6.44. The molecular weight excluding hydrogens is 352 g/mol. The maximum Gasteiger partial charge on any atom is 0.258 e. The normalized spacial score (nSPS) is 14.2. The molecule has 1 aliphatic rings. The van der Waals surface area contributed by atoms with Crippen molar-refractivity contribution >= 4 is 29.1 Å². The summed E-state index contributed by atoms with van der Waals surface area (Å²) in [5.41, 5.74) is 2.80. The quantitative estimate of drug-likeness (QED) is 0.808. The van der Waals surface area contributed by atoms with E-state index in [2.05, 4.69) is 10.6 Å². The number of hydrogen-bond donors (Lipinski definition) is 2. The van der Waals surface area contributed by atoms with Crippen molar-refractivity contribution < 1.29 is 14.3 Å². The van der Waals surface area contributed by atoms with Gasteiger partial charge in [-0.25, -0.2) is 0 Å². The molecule has 26 heavy (non-hydrogen) atoms. The number of aryl methyl sites for hydroxylation is 1. The summed E-state index contributed by atoms with van der Waals surface area (Å²) < 4.78 is 5.61. The molecule has 1 aliphatic heterocycles. The second-order valence-corrected chi connectivity index (χ2v) is 6.68. The highest BCUT2D eigenvalue weighted by Gasteiger charge is 2.16. The lowest BCUT2D eigenvalue weighted by Gasteiger charge is -2.19. The van der Waals surface area contributed by atoms with Gasteiger partial charge < -0.3 is 15.4 Å². The molecule has 0 radical (unpaired) electrons. The fraction of sp³-hybridized carbons (Fsp3) is 0.300. The minimum Gasteiger partial charge on any atom is -0.484 e. The lowest BCUT2D eigenvalue weighted by molar-refractivity contribution is -0.123. The fourth-order valence-electron chi connectivity index (χ4n) is 2.98. The summed E-state index contributed by atoms with van der Waals surface area (Å²) >= 11 is 6.03. The van der Waals surface area contributed by atoms with Crippen LogP contribution in [0, 0.1) is 0 Å². The maximum atomic E-state index is 12.2. The Morgan fingerprint density at radius 2 is 2.12 bits per heavy atom. The van der Waals surface area contributed by atoms with Crippen molar-refractivity contribution in [3.63, 3.8) is 0 Å². The van der Waals surface area contributed by atoms with Crippen LogP contribution in [-0.4, -0.2) is 18.4 Å². The summed E-state index contributed by atoms with van der Waals surface area (Å²) in [6.07, 6.45) is 1.90. The first-order chi connectivity index (χ1) is 12.5. The fourth-order valence-corrected chi connectivity index (χ4v) is 3.18. The summed E-state index contributed by atoms with van der Waals surface area (Å²) in [7, 11) is 0. The van der Waals surface area contributed by atoms with Crippen molar-refractivity contribution in [2.45, 2.75) is 32.2 Å². The number of benzene rings is 2. The Morgan fingerprint density at radius 1 is 1.27 bits per heavy atom. The van der Waals surface area contributed by atoms with Crippen LogP contribution in [0.4, 0.5) is 5.69 Å². The number of fused-ring (bicyclic) bond motifs is 1. The standard InChI is InChI=1S/C20H21ClN2O3/c1-2-17(13-4-3-5-15(21)10-13)22-20(25)12-26-16-7-8-18-14(11-16)6-9-19(24)23-18/h3-5,7-8,10-11,17H,2,6,9,12H2,1H3,(H,22,25)(H,23,24). The van der Waals surface area contributed by atoms with Gasteiger partial charge >= 0.3 is 0 Å². The summed E-state index contributed by atoms with van der Waals surface area (Å²) in [6.45, 7) is 1.94. The van der Waals surface area contributed by atoms with Crippen LogP contribution in [0.2, 0.25) is 5.02 Å². The number of rotatable bonds is 6. The zero-order valence-electron chi connectivity index (χ0n) is 14.5. The van der Waals surface area contributed by atoms with Gasteiger partial charge in [0.15, 0.2) is 6.61 Å². The molecule has 0 aliphatic carbocycles. The Hall–Kier alpha value is -2.53. The smallest absolute Gasteiger partial charge is 0.258 e. The molecule has 2 amide bonds. The van der Waals surface area contributed by atoms with Crippen LogP contribution in [0.25, 0.3) is 0 Å². The van der Waals surface area contributed by atoms with Crippen molar-refractivity contribution in [1.29, 1.82) is 0 Å². The molecule has 2 N–H and O–H groups in total. The third-order valence-corrected chi connectivity index (χ3v) is 4.57. The number of ether oxygens (including phenoxy) is 1. The van der Waals surface area contributed by atoms with Gasteiger partial charge in [0.1, 0.15) is 5.75 Å². The molecule has 3 rings (SSSR count). The van der Waals surface area contributed by atoms with Gasteiger partial charge in [0.2, 0.25) is 5.91 Å². The maximum absolute atomic E-state index is 12.2. The van der Waals surface area contributed by atoms with E-state index >= 15 is 0 Å². The molecule has 5 nitrogen and oxygen atoms in total. The average Bonchev–Trinajstić information content (AvgIpc) is 2.64. The highest BCUT2D eigenvalue weighted by atomic mass is 35.5. The highest BCUT2D eigenvalue weighted by molar-refractivity contribution is 6.30. The Labute approximate surface area is 157 Å². The Morgan fingerprint density at radius 3 is 2.88 bits per heavy atom. The monoisotopic (exact) mass is 372 g/mol. The molecular formula is C20H21ClN2O3. The molecule has 2 aromatic rings. The van der Waals surface area contributed by atoms with Gasteiger partial charge in [0.05, 0.1) is 6.04 Å². The van der Waals surface area contributed by atoms with Crippen LogP contribution in [-0.2, 0) is 16.0 Å². The highest BCUT2D eigenvalue weighted by Crippen LogP contribution is 2.27. The number of nitrogens with one attached hydrogen (secondary N) is 2. The molecule has 0 bridgehead atoms. The van der Waals surface area contributed by atoms with E-state index in [1.54, 1.807) is 18.2 Å². The average molecular weight is 373 g/mol. The van der Waals surface area contributed by atoms with Crippen LogP contribution in [0.1, 0.15) is 36.9 Å². The first-order valence-corrected chi connectivity index (χ1v) is 9.03. The number of carbonyl (C=O) groups is 2. The van der Waals surface area contributed by atoms with E-state index in [9.17, 15) is 9.59 Å². The lowest BCUT2D eigenvalue weighted by Crippen LogP contribution is -2.32. The molecule has 0 saturated carbocycles. The third-order valence-electron chi connectivity index (χ3n) is 4.34. The van der Waals surface area contributed by atoms with Crippen LogP contribution in [0.3, 0.4) is 0 Å². The molecule has 0 aromatic heterocycles. The summed E-state index contributed by atoms with van der Waals surface area (Å²) in [6, 6.07) is 12.8. The minimum absolute atomic E-state index is 0.0252. The van der Waals surface area contributed by atoms with Crippen molar-refractivity contribution in [2.75, 3.05) is 11.9 Å². The first-order valence-electron chi connectivity index (χ1n) is 8.65. The SMILES string of the molecule is CCC(NC(=O)COc1ccc2c(c1)CCC(=O)N2)c1cccc(Cl)c1. The Balaban J connectivity index is 1.57. The molecule has 6 heteroatoms. The molecule has 0 saturated heterocycles. The predicted octanol–water partition coefficient (Wildman–Crippen LogP) is 3.87. The molecule has 1 atom stereocenters. The number of halogens is 1. The van der Waals surface area contributed by atoms with Gasteiger partial charge in [-0.1, -0.05) is 30.7 Å². The molecule has 1 heterocycles. The van der Waals surface area contributed by atoms with Crippen LogP contribution in [0.5, 0.6) is 5.75 Å². The number of carbonyl (C=O) groups excluding carboxylic acids is 2. The van der Waals surface area contributed by atoms with Crippen molar-refractivity contribution in [3.05, 3.63) is 58.6 Å². The zero-order chi connectivity index (χ0) is 18.5. The van der Waals surface area contributed by atoms with Crippen molar-refractivity contribution in [2.24, 2.45) is 0 Å². The second kappa shape index (κ2) is 8.23. The van der Waals surface area contributed by atoms with E-state index < -0.39 is 0 Å². The van der Waals surface area contributed by atoms with Gasteiger partial charge in [-0.2, -0.15) is 0 Å². The zero-order valence-corrected chi connectivity index (χ0v) is 15.3. The molecule has 2 aromatic carbocycles. The van der Waals surface area contributed by atoms with E-state index in [0.717, 1.165) is 23.2 Å². The largest absolute Gasteiger partial charge is 0.484 e. The van der Waals surface area contributed by atoms with Crippen LogP contribution >= 0.6 is 11.6 Å². The van der Waals surface area contributed by atoms with E-state index in [4.69, 9.17) is 16.3 Å². The van der Waals surface area contributed by atoms with Gasteiger partial charge in [-0.3, -0.25) is 9.59 Å². The van der Waals surface area contributed by atoms with E-state index in [1.165, 1.54) is 0 Å². The molecule has 136 valence electrons. The lowest BCUT2D eigenvalue weighted by atomic mass is 10.0. The Kier molecular flexibility index (Phi) is 5.78. The molecule has 1 unspecified atom stereocenters. The minimum atomic E-state index is -0.192. The van der Waals surface area contributed by atoms with E-state index in [1.807, 2.05) is 31.2 Å². The van der Waals surface area contributed by atoms with Crippen LogP contribution < -0.4 is 15.4 Å². The molecule has 0 fully saturated rings. The predicted molar refractivity (Wildman–Crippen MR) is 102 cm³/mol. The van der Waals surface area contributed by atoms with Crippen LogP contribution in [0.15, 0.2) is 42.5 Å². The van der Waals surface area contributed by atoms with Crippen molar-refractivity contribution in [3.8, 4) is 5.75 Å². The number of anilines is 1. The number of hydrogen-bond acceptors (Lipinski definition) is 3. The topological polar surface area (TPSA) is 67.4 Å². The van der Waals surface area contributed by atoms with E-state index in [-0.39, 0.29) is 24.5 Å². The van der Waals surface area contributed by atoms with Gasteiger partial charge in [0, 0.05) is 17.1 Å². The van der Waals surface area contributed by atoms with Gasteiger partial charge in [0.25, 0.3) is 5.91 Å². The van der Waals surface area contributed by atoms with Gasteiger partial charge in [-0.05, 0) is 54.3 Å². The first kappa shape index (κ1) is 18.3. The Bertz CT molecular complexity index is 822. The van der Waals surface area contributed by atoms with Crippen molar-refractivity contribution in [1.82, 2.24) is 5.32 Å². The summed E-state index contributed by atoms with van der Waals surface area (Å²) in [4.78, 5) is 23.6. The summed E-state index contributed by atoms with van der Waals surface area (Å²) in [5.74, 6) is 0.450. The van der Waals surface area contributed by atoms with Gasteiger partial charge in [-0.15, -0.1) is 0 Å². The third kappa shape index (κ3) is 4.55.